The highest BCUT2D eigenvalue weighted by atomic mass is 32.1. The van der Waals surface area contributed by atoms with Gasteiger partial charge in [-0.05, 0) is 24.3 Å². The quantitative estimate of drug-likeness (QED) is 0.532. The second kappa shape index (κ2) is 7.24. The minimum Gasteiger partial charge on any atom is -0.339 e. The van der Waals surface area contributed by atoms with Crippen molar-refractivity contribution in [2.24, 2.45) is 0 Å². The van der Waals surface area contributed by atoms with Gasteiger partial charge in [-0.25, -0.2) is 9.67 Å². The lowest BCUT2D eigenvalue weighted by Crippen LogP contribution is -2.30. The number of amides is 1. The zero-order valence-corrected chi connectivity index (χ0v) is 15.5. The molecule has 4 rings (SSSR count). The summed E-state index contributed by atoms with van der Waals surface area (Å²) in [5, 5.41) is 9.35. The molecule has 0 aliphatic carbocycles. The highest BCUT2D eigenvalue weighted by Gasteiger charge is 2.13. The van der Waals surface area contributed by atoms with Crippen molar-refractivity contribution >= 4 is 38.4 Å². The smallest absolute Gasteiger partial charge is 0.277 e. The minimum atomic E-state index is -0.234. The lowest BCUT2D eigenvalue weighted by atomic mass is 10.2. The number of thiazole rings is 1. The number of benzene rings is 2. The van der Waals surface area contributed by atoms with Crippen molar-refractivity contribution < 1.29 is 4.79 Å². The monoisotopic (exact) mass is 379 g/mol. The first-order valence-electron chi connectivity index (χ1n) is 8.53. The standard InChI is InChI=1S/C19H17N5O2S/c1-23(12-17-20-15-8-4-5-9-16(15)27-17)18(25)10-11-24-19(26)13-6-2-3-7-14(13)21-22-24/h2-9H,10-12H2,1H3. The van der Waals surface area contributed by atoms with E-state index in [2.05, 4.69) is 15.3 Å². The Hall–Kier alpha value is -3.13. The molecule has 0 spiro atoms. The van der Waals surface area contributed by atoms with Crippen LogP contribution in [-0.4, -0.2) is 37.8 Å². The van der Waals surface area contributed by atoms with Gasteiger partial charge < -0.3 is 4.90 Å². The summed E-state index contributed by atoms with van der Waals surface area (Å²) in [6.45, 7) is 0.635. The van der Waals surface area contributed by atoms with E-state index < -0.39 is 0 Å². The molecule has 0 bridgehead atoms. The summed E-state index contributed by atoms with van der Waals surface area (Å²) in [4.78, 5) is 31.0. The average molecular weight is 379 g/mol. The van der Waals surface area contributed by atoms with Crippen molar-refractivity contribution in [3.63, 3.8) is 0 Å². The van der Waals surface area contributed by atoms with Crippen LogP contribution in [0.1, 0.15) is 11.4 Å². The number of aryl methyl sites for hydroxylation is 1. The van der Waals surface area contributed by atoms with Crippen LogP contribution in [0.3, 0.4) is 0 Å². The highest BCUT2D eigenvalue weighted by molar-refractivity contribution is 7.18. The van der Waals surface area contributed by atoms with E-state index in [1.165, 1.54) is 4.68 Å². The molecule has 0 aliphatic heterocycles. The van der Waals surface area contributed by atoms with Crippen molar-refractivity contribution in [1.82, 2.24) is 24.9 Å². The Bertz CT molecular complexity index is 1150. The summed E-state index contributed by atoms with van der Waals surface area (Å²) >= 11 is 1.58. The van der Waals surface area contributed by atoms with E-state index in [9.17, 15) is 9.59 Å². The van der Waals surface area contributed by atoms with E-state index in [4.69, 9.17) is 0 Å². The summed E-state index contributed by atoms with van der Waals surface area (Å²) in [7, 11) is 1.74. The second-order valence-corrected chi connectivity index (χ2v) is 7.33. The number of nitrogens with zero attached hydrogens (tertiary/aromatic N) is 5. The van der Waals surface area contributed by atoms with Crippen molar-refractivity contribution in [2.75, 3.05) is 7.05 Å². The molecule has 8 heteroatoms. The number of para-hydroxylation sites is 1. The largest absolute Gasteiger partial charge is 0.339 e. The molecule has 0 aliphatic rings. The lowest BCUT2D eigenvalue weighted by molar-refractivity contribution is -0.130. The minimum absolute atomic E-state index is 0.0730. The van der Waals surface area contributed by atoms with Gasteiger partial charge >= 0.3 is 0 Å². The van der Waals surface area contributed by atoms with Crippen LogP contribution in [0.2, 0.25) is 0 Å². The number of hydrogen-bond acceptors (Lipinski definition) is 6. The van der Waals surface area contributed by atoms with E-state index in [0.29, 0.717) is 17.4 Å². The molecule has 2 heterocycles. The van der Waals surface area contributed by atoms with Crippen LogP contribution < -0.4 is 5.56 Å². The summed E-state index contributed by atoms with van der Waals surface area (Å²) in [5.74, 6) is -0.0730. The van der Waals surface area contributed by atoms with Crippen LogP contribution in [0.4, 0.5) is 0 Å². The van der Waals surface area contributed by atoms with Gasteiger partial charge in [0, 0.05) is 13.5 Å². The molecule has 7 nitrogen and oxygen atoms in total. The second-order valence-electron chi connectivity index (χ2n) is 6.21. The molecular formula is C19H17N5O2S. The Balaban J connectivity index is 1.43. The summed E-state index contributed by atoms with van der Waals surface area (Å²) in [5.41, 5.74) is 1.26. The molecule has 0 atom stereocenters. The third-order valence-corrected chi connectivity index (χ3v) is 5.32. The number of fused-ring (bicyclic) bond motifs is 2. The maximum absolute atomic E-state index is 12.5. The zero-order valence-electron chi connectivity index (χ0n) is 14.7. The first-order chi connectivity index (χ1) is 13.1. The van der Waals surface area contributed by atoms with Gasteiger partial charge in [-0.15, -0.1) is 16.4 Å². The maximum Gasteiger partial charge on any atom is 0.277 e. The van der Waals surface area contributed by atoms with Gasteiger partial charge in [-0.2, -0.15) is 0 Å². The topological polar surface area (TPSA) is 81.0 Å². The molecule has 0 radical (unpaired) electrons. The van der Waals surface area contributed by atoms with Crippen LogP contribution in [-0.2, 0) is 17.9 Å². The molecule has 0 unspecified atom stereocenters. The molecule has 27 heavy (non-hydrogen) atoms. The van der Waals surface area contributed by atoms with Crippen molar-refractivity contribution in [3.8, 4) is 0 Å². The lowest BCUT2D eigenvalue weighted by Gasteiger charge is -2.15. The third kappa shape index (κ3) is 3.56. The van der Waals surface area contributed by atoms with Gasteiger partial charge in [0.05, 0.1) is 28.7 Å². The van der Waals surface area contributed by atoms with Gasteiger partial charge in [0.15, 0.2) is 0 Å². The molecule has 4 aromatic rings. The Morgan fingerprint density at radius 1 is 1.11 bits per heavy atom. The summed E-state index contributed by atoms with van der Waals surface area (Å²) < 4.78 is 2.34. The van der Waals surface area contributed by atoms with Crippen LogP contribution in [0.15, 0.2) is 53.3 Å². The fourth-order valence-corrected chi connectivity index (χ4v) is 3.86. The van der Waals surface area contributed by atoms with Gasteiger partial charge in [0.25, 0.3) is 5.56 Å². The van der Waals surface area contributed by atoms with Crippen molar-refractivity contribution in [3.05, 3.63) is 63.9 Å². The first-order valence-corrected chi connectivity index (χ1v) is 9.34. The molecule has 2 aromatic heterocycles. The molecule has 0 saturated carbocycles. The van der Waals surface area contributed by atoms with Gasteiger partial charge in [0.1, 0.15) is 10.5 Å². The Labute approximate surface area is 158 Å². The van der Waals surface area contributed by atoms with Gasteiger partial charge in [-0.3, -0.25) is 9.59 Å². The van der Waals surface area contributed by atoms with E-state index in [-0.39, 0.29) is 24.4 Å². The first kappa shape index (κ1) is 17.3. The summed E-state index contributed by atoms with van der Waals surface area (Å²) in [6, 6.07) is 14.9. The normalized spacial score (nSPS) is 11.1. The molecule has 0 N–H and O–H groups in total. The number of carbonyl (C=O) groups is 1. The van der Waals surface area contributed by atoms with Crippen molar-refractivity contribution in [1.29, 1.82) is 0 Å². The SMILES string of the molecule is CN(Cc1nc2ccccc2s1)C(=O)CCn1nnc2ccccc2c1=O. The average Bonchev–Trinajstić information content (AvgIpc) is 3.09. The predicted octanol–water partition coefficient (Wildman–Crippen LogP) is 2.45. The number of aromatic nitrogens is 4. The van der Waals surface area contributed by atoms with E-state index >= 15 is 0 Å². The molecule has 0 saturated heterocycles. The number of carbonyl (C=O) groups excluding carboxylic acids is 1. The fourth-order valence-electron chi connectivity index (χ4n) is 2.84. The fraction of sp³-hybridized carbons (Fsp3) is 0.211. The molecule has 1 amide bonds. The molecular weight excluding hydrogens is 362 g/mol. The number of rotatable bonds is 5. The van der Waals surface area contributed by atoms with Crippen LogP contribution >= 0.6 is 11.3 Å². The van der Waals surface area contributed by atoms with Gasteiger partial charge in [0.2, 0.25) is 5.91 Å². The van der Waals surface area contributed by atoms with Crippen LogP contribution in [0.25, 0.3) is 21.1 Å². The molecule has 2 aromatic carbocycles. The highest BCUT2D eigenvalue weighted by Crippen LogP contribution is 2.22. The maximum atomic E-state index is 12.5. The van der Waals surface area contributed by atoms with E-state index in [1.54, 1.807) is 47.5 Å². The van der Waals surface area contributed by atoms with E-state index in [0.717, 1.165) is 15.2 Å². The molecule has 136 valence electrons. The van der Waals surface area contributed by atoms with E-state index in [1.807, 2.05) is 24.3 Å². The Kier molecular flexibility index (Phi) is 4.64. The molecule has 0 fully saturated rings. The predicted molar refractivity (Wildman–Crippen MR) is 105 cm³/mol. The van der Waals surface area contributed by atoms with Crippen LogP contribution in [0, 0.1) is 0 Å². The van der Waals surface area contributed by atoms with Gasteiger partial charge in [-0.1, -0.05) is 29.5 Å². The van der Waals surface area contributed by atoms with Crippen LogP contribution in [0.5, 0.6) is 0 Å². The number of hydrogen-bond donors (Lipinski definition) is 0. The van der Waals surface area contributed by atoms with Crippen molar-refractivity contribution in [2.45, 2.75) is 19.5 Å². The third-order valence-electron chi connectivity index (χ3n) is 4.30. The zero-order chi connectivity index (χ0) is 18.8. The summed E-state index contributed by atoms with van der Waals surface area (Å²) in [6.07, 6.45) is 0.175. The Morgan fingerprint density at radius 3 is 2.67 bits per heavy atom. The Morgan fingerprint density at radius 2 is 1.85 bits per heavy atom.